The second-order valence-electron chi connectivity index (χ2n) is 8.14. The van der Waals surface area contributed by atoms with E-state index in [1.807, 2.05) is 38.1 Å². The van der Waals surface area contributed by atoms with E-state index in [-0.39, 0.29) is 36.0 Å². The van der Waals surface area contributed by atoms with Crippen LogP contribution in [0.1, 0.15) is 43.6 Å². The molecule has 1 aromatic carbocycles. The molecule has 8 nitrogen and oxygen atoms in total. The molecule has 2 amide bonds. The van der Waals surface area contributed by atoms with Gasteiger partial charge in [-0.05, 0) is 43.0 Å². The molecule has 0 saturated carbocycles. The second-order valence-corrected chi connectivity index (χ2v) is 8.14. The third-order valence-corrected chi connectivity index (χ3v) is 5.14. The summed E-state index contributed by atoms with van der Waals surface area (Å²) in [7, 11) is 1.60. The molecule has 3 rings (SSSR count). The van der Waals surface area contributed by atoms with Crippen molar-refractivity contribution in [1.29, 1.82) is 0 Å². The third kappa shape index (κ3) is 6.55. The molecule has 1 fully saturated rings. The van der Waals surface area contributed by atoms with Gasteiger partial charge < -0.3 is 24.2 Å². The Balaban J connectivity index is 1.59. The summed E-state index contributed by atoms with van der Waals surface area (Å²) in [5.41, 5.74) is 1.03. The number of amides is 2. The van der Waals surface area contributed by atoms with E-state index in [0.29, 0.717) is 25.4 Å². The Morgan fingerprint density at radius 1 is 1.29 bits per heavy atom. The number of carbonyl (C=O) groups is 2. The van der Waals surface area contributed by atoms with Crippen molar-refractivity contribution in [3.63, 3.8) is 0 Å². The van der Waals surface area contributed by atoms with Crippen LogP contribution in [0.3, 0.4) is 0 Å². The number of hydrogen-bond acceptors (Lipinski definition) is 6. The predicted octanol–water partition coefficient (Wildman–Crippen LogP) is 3.13. The molecule has 1 aromatic heterocycles. The standard InChI is InChI=1S/C23H31N3O5/c1-16(2)15-26(11-10-22(27)24-14-19-5-4-12-30-19)23(28)20-13-21(31-25-20)17-6-8-18(29-3)9-7-17/h6-9,13,16,19H,4-5,10-12,14-15H2,1-3H3,(H,24,27). The fourth-order valence-corrected chi connectivity index (χ4v) is 3.50. The number of methoxy groups -OCH3 is 1. The van der Waals surface area contributed by atoms with E-state index in [9.17, 15) is 9.59 Å². The van der Waals surface area contributed by atoms with Crippen LogP contribution in [-0.2, 0) is 9.53 Å². The van der Waals surface area contributed by atoms with Crippen molar-refractivity contribution in [2.45, 2.75) is 39.2 Å². The SMILES string of the molecule is COc1ccc(-c2cc(C(=O)N(CCC(=O)NCC3CCCO3)CC(C)C)no2)cc1. The summed E-state index contributed by atoms with van der Waals surface area (Å²) < 4.78 is 16.1. The van der Waals surface area contributed by atoms with E-state index in [0.717, 1.165) is 30.8 Å². The van der Waals surface area contributed by atoms with Crippen LogP contribution >= 0.6 is 0 Å². The Bertz CT molecular complexity index is 856. The highest BCUT2D eigenvalue weighted by molar-refractivity contribution is 5.93. The zero-order valence-electron chi connectivity index (χ0n) is 18.4. The number of ether oxygens (including phenoxy) is 2. The molecule has 0 radical (unpaired) electrons. The molecule has 0 aliphatic carbocycles. The zero-order chi connectivity index (χ0) is 22.2. The van der Waals surface area contributed by atoms with Crippen molar-refractivity contribution in [2.24, 2.45) is 5.92 Å². The van der Waals surface area contributed by atoms with E-state index < -0.39 is 0 Å². The fraction of sp³-hybridized carbons (Fsp3) is 0.522. The van der Waals surface area contributed by atoms with Crippen molar-refractivity contribution in [1.82, 2.24) is 15.4 Å². The first kappa shape index (κ1) is 22.8. The minimum Gasteiger partial charge on any atom is -0.497 e. The summed E-state index contributed by atoms with van der Waals surface area (Å²) in [6, 6.07) is 8.96. The van der Waals surface area contributed by atoms with Gasteiger partial charge in [0.05, 0.1) is 13.2 Å². The summed E-state index contributed by atoms with van der Waals surface area (Å²) in [5, 5.41) is 6.87. The summed E-state index contributed by atoms with van der Waals surface area (Å²) in [4.78, 5) is 26.9. The molecule has 1 atom stereocenters. The van der Waals surface area contributed by atoms with Crippen molar-refractivity contribution in [2.75, 3.05) is 33.4 Å². The predicted molar refractivity (Wildman–Crippen MR) is 116 cm³/mol. The molecule has 2 aromatic rings. The Labute approximate surface area is 182 Å². The molecular weight excluding hydrogens is 398 g/mol. The molecule has 1 N–H and O–H groups in total. The van der Waals surface area contributed by atoms with Gasteiger partial charge in [0, 0.05) is 44.3 Å². The normalized spacial score (nSPS) is 15.8. The lowest BCUT2D eigenvalue weighted by atomic mass is 10.1. The third-order valence-electron chi connectivity index (χ3n) is 5.14. The van der Waals surface area contributed by atoms with Gasteiger partial charge in [-0.2, -0.15) is 0 Å². The number of nitrogens with zero attached hydrogens (tertiary/aromatic N) is 2. The van der Waals surface area contributed by atoms with Crippen molar-refractivity contribution < 1.29 is 23.6 Å². The molecule has 8 heteroatoms. The molecular formula is C23H31N3O5. The molecule has 1 saturated heterocycles. The maximum Gasteiger partial charge on any atom is 0.276 e. The number of hydrogen-bond donors (Lipinski definition) is 1. The maximum atomic E-state index is 13.0. The topological polar surface area (TPSA) is 93.9 Å². The Morgan fingerprint density at radius 2 is 2.06 bits per heavy atom. The first-order chi connectivity index (χ1) is 15.0. The van der Waals surface area contributed by atoms with Gasteiger partial charge in [-0.25, -0.2) is 0 Å². The first-order valence-electron chi connectivity index (χ1n) is 10.7. The van der Waals surface area contributed by atoms with Gasteiger partial charge in [0.25, 0.3) is 5.91 Å². The van der Waals surface area contributed by atoms with Gasteiger partial charge in [-0.15, -0.1) is 0 Å². The molecule has 0 bridgehead atoms. The zero-order valence-corrected chi connectivity index (χ0v) is 18.4. The van der Waals surface area contributed by atoms with E-state index in [4.69, 9.17) is 14.0 Å². The lowest BCUT2D eigenvalue weighted by Crippen LogP contribution is -2.39. The number of aromatic nitrogens is 1. The summed E-state index contributed by atoms with van der Waals surface area (Å²) in [6.45, 7) is 6.19. The van der Waals surface area contributed by atoms with Gasteiger partial charge >= 0.3 is 0 Å². The van der Waals surface area contributed by atoms with Gasteiger partial charge in [-0.1, -0.05) is 19.0 Å². The van der Waals surface area contributed by atoms with Gasteiger partial charge in [-0.3, -0.25) is 9.59 Å². The average molecular weight is 430 g/mol. The van der Waals surface area contributed by atoms with Crippen LogP contribution < -0.4 is 10.1 Å². The van der Waals surface area contributed by atoms with Crippen molar-refractivity contribution >= 4 is 11.8 Å². The summed E-state index contributed by atoms with van der Waals surface area (Å²) in [5.74, 6) is 1.16. The molecule has 168 valence electrons. The summed E-state index contributed by atoms with van der Waals surface area (Å²) in [6.07, 6.45) is 2.34. The number of carbonyl (C=O) groups excluding carboxylic acids is 2. The van der Waals surface area contributed by atoms with Gasteiger partial charge in [0.15, 0.2) is 11.5 Å². The Kier molecular flexibility index (Phi) is 8.06. The lowest BCUT2D eigenvalue weighted by molar-refractivity contribution is -0.121. The quantitative estimate of drug-likeness (QED) is 0.624. The fourth-order valence-electron chi connectivity index (χ4n) is 3.50. The largest absolute Gasteiger partial charge is 0.497 e. The van der Waals surface area contributed by atoms with Crippen LogP contribution in [0.15, 0.2) is 34.9 Å². The van der Waals surface area contributed by atoms with Crippen LogP contribution in [0.4, 0.5) is 0 Å². The molecule has 1 aliphatic rings. The molecule has 1 aliphatic heterocycles. The smallest absolute Gasteiger partial charge is 0.276 e. The highest BCUT2D eigenvalue weighted by Crippen LogP contribution is 2.23. The maximum absolute atomic E-state index is 13.0. The lowest BCUT2D eigenvalue weighted by Gasteiger charge is -2.23. The van der Waals surface area contributed by atoms with Crippen molar-refractivity contribution in [3.8, 4) is 17.1 Å². The first-order valence-corrected chi connectivity index (χ1v) is 10.7. The summed E-state index contributed by atoms with van der Waals surface area (Å²) >= 11 is 0. The van der Waals surface area contributed by atoms with Crippen LogP contribution in [0.2, 0.25) is 0 Å². The second kappa shape index (κ2) is 10.9. The van der Waals surface area contributed by atoms with E-state index in [2.05, 4.69) is 10.5 Å². The highest BCUT2D eigenvalue weighted by atomic mass is 16.5. The van der Waals surface area contributed by atoms with Crippen LogP contribution in [0.5, 0.6) is 5.75 Å². The molecule has 1 unspecified atom stereocenters. The van der Waals surface area contributed by atoms with Gasteiger partial charge in [0.2, 0.25) is 5.91 Å². The highest BCUT2D eigenvalue weighted by Gasteiger charge is 2.22. The molecule has 31 heavy (non-hydrogen) atoms. The van der Waals surface area contributed by atoms with Crippen LogP contribution in [-0.4, -0.2) is 61.3 Å². The average Bonchev–Trinajstić information content (AvgIpc) is 3.47. The number of rotatable bonds is 10. The van der Waals surface area contributed by atoms with E-state index >= 15 is 0 Å². The minimum atomic E-state index is -0.246. The van der Waals surface area contributed by atoms with Gasteiger partial charge in [0.1, 0.15) is 5.75 Å². The van der Waals surface area contributed by atoms with E-state index in [1.165, 1.54) is 0 Å². The Morgan fingerprint density at radius 3 is 2.71 bits per heavy atom. The number of nitrogens with one attached hydrogen (secondary N) is 1. The minimum absolute atomic E-state index is 0.0869. The van der Waals surface area contributed by atoms with E-state index in [1.54, 1.807) is 18.1 Å². The Hall–Kier alpha value is -2.87. The van der Waals surface area contributed by atoms with Crippen molar-refractivity contribution in [3.05, 3.63) is 36.0 Å². The van der Waals surface area contributed by atoms with Crippen LogP contribution in [0.25, 0.3) is 11.3 Å². The monoisotopic (exact) mass is 429 g/mol. The number of benzene rings is 1. The molecule has 0 spiro atoms. The van der Waals surface area contributed by atoms with Crippen LogP contribution in [0, 0.1) is 5.92 Å². The molecule has 2 heterocycles.